The minimum absolute atomic E-state index is 0.146. The first kappa shape index (κ1) is 16.7. The topological polar surface area (TPSA) is 54.8 Å². The van der Waals surface area contributed by atoms with E-state index in [1.165, 1.54) is 0 Å². The van der Waals surface area contributed by atoms with Crippen LogP contribution in [-0.4, -0.2) is 48.4 Å². The van der Waals surface area contributed by atoms with Gasteiger partial charge < -0.3 is 14.6 Å². The second kappa shape index (κ2) is 7.64. The van der Waals surface area contributed by atoms with E-state index in [0.717, 1.165) is 36.4 Å². The highest BCUT2D eigenvalue weighted by Gasteiger charge is 2.29. The number of methoxy groups -OCH3 is 2. The molecule has 3 rings (SSSR count). The maximum Gasteiger partial charge on any atom is 0.217 e. The third-order valence-corrected chi connectivity index (χ3v) is 4.63. The number of aliphatic hydroxyl groups excluding tert-OH is 1. The average Bonchev–Trinajstić information content (AvgIpc) is 2.62. The van der Waals surface area contributed by atoms with Crippen molar-refractivity contribution < 1.29 is 14.6 Å². The summed E-state index contributed by atoms with van der Waals surface area (Å²) in [5.41, 5.74) is 2.19. The van der Waals surface area contributed by atoms with Crippen molar-refractivity contribution >= 4 is 0 Å². The van der Waals surface area contributed by atoms with Crippen LogP contribution in [0.25, 0.3) is 0 Å². The van der Waals surface area contributed by atoms with Crippen LogP contribution >= 0.6 is 0 Å². The first-order chi connectivity index (χ1) is 11.7. The third kappa shape index (κ3) is 3.68. The summed E-state index contributed by atoms with van der Waals surface area (Å²) in [6.07, 6.45) is 2.25. The van der Waals surface area contributed by atoms with Gasteiger partial charge in [0.2, 0.25) is 5.88 Å². The summed E-state index contributed by atoms with van der Waals surface area (Å²) >= 11 is 0. The van der Waals surface area contributed by atoms with Gasteiger partial charge in [0, 0.05) is 30.8 Å². The third-order valence-electron chi connectivity index (χ3n) is 4.63. The fraction of sp³-hybridized carbons (Fsp3) is 0.421. The molecular weight excluding hydrogens is 304 g/mol. The maximum atomic E-state index is 10.6. The standard InChI is InChI=1S/C19H24N2O3/c1-23-16-7-3-5-14(11-16)17-8-10-21(13-18(17)22)12-15-6-4-9-20-19(15)24-2/h3-7,9,11,17-18,22H,8,10,12-13H2,1-2H3/t17-,18+/m0/s1. The van der Waals surface area contributed by atoms with Crippen molar-refractivity contribution in [1.82, 2.24) is 9.88 Å². The number of likely N-dealkylation sites (tertiary alicyclic amines) is 1. The van der Waals surface area contributed by atoms with Crippen LogP contribution in [0.3, 0.4) is 0 Å². The Balaban J connectivity index is 1.66. The number of pyridine rings is 1. The molecule has 1 aromatic carbocycles. The molecule has 0 radical (unpaired) electrons. The molecule has 0 saturated carbocycles. The number of rotatable bonds is 5. The van der Waals surface area contributed by atoms with Crippen LogP contribution in [0, 0.1) is 0 Å². The predicted octanol–water partition coefficient (Wildman–Crippen LogP) is 2.45. The number of β-amino-alcohol motifs (C(OH)–C–C–N with tert-alkyl or cyclic N) is 1. The quantitative estimate of drug-likeness (QED) is 0.914. The first-order valence-corrected chi connectivity index (χ1v) is 8.23. The van der Waals surface area contributed by atoms with Crippen LogP contribution in [0.15, 0.2) is 42.6 Å². The van der Waals surface area contributed by atoms with Crippen molar-refractivity contribution in [2.24, 2.45) is 0 Å². The zero-order chi connectivity index (χ0) is 16.9. The number of ether oxygens (including phenoxy) is 2. The van der Waals surface area contributed by atoms with E-state index in [4.69, 9.17) is 9.47 Å². The maximum absolute atomic E-state index is 10.6. The summed E-state index contributed by atoms with van der Waals surface area (Å²) < 4.78 is 10.6. The normalized spacial score (nSPS) is 21.5. The van der Waals surface area contributed by atoms with Crippen molar-refractivity contribution in [3.63, 3.8) is 0 Å². The molecule has 0 amide bonds. The van der Waals surface area contributed by atoms with Crippen LogP contribution in [0.1, 0.15) is 23.5 Å². The number of hydrogen-bond donors (Lipinski definition) is 1. The smallest absolute Gasteiger partial charge is 0.217 e. The van der Waals surface area contributed by atoms with E-state index in [0.29, 0.717) is 12.4 Å². The minimum atomic E-state index is -0.395. The molecule has 1 N–H and O–H groups in total. The Morgan fingerprint density at radius 3 is 2.83 bits per heavy atom. The van der Waals surface area contributed by atoms with E-state index >= 15 is 0 Å². The molecule has 0 aliphatic carbocycles. The second-order valence-electron chi connectivity index (χ2n) is 6.15. The van der Waals surface area contributed by atoms with Gasteiger partial charge in [-0.05, 0) is 36.7 Å². The molecule has 2 aromatic rings. The van der Waals surface area contributed by atoms with Gasteiger partial charge in [0.15, 0.2) is 0 Å². The van der Waals surface area contributed by atoms with Crippen molar-refractivity contribution in [2.75, 3.05) is 27.3 Å². The lowest BCUT2D eigenvalue weighted by Crippen LogP contribution is -2.42. The molecule has 1 aliphatic heterocycles. The summed E-state index contributed by atoms with van der Waals surface area (Å²) in [4.78, 5) is 6.49. The molecule has 1 aromatic heterocycles. The number of nitrogens with zero attached hydrogens (tertiary/aromatic N) is 2. The van der Waals surface area contributed by atoms with Gasteiger partial charge in [-0.25, -0.2) is 4.98 Å². The first-order valence-electron chi connectivity index (χ1n) is 8.23. The van der Waals surface area contributed by atoms with Gasteiger partial charge in [-0.1, -0.05) is 18.2 Å². The molecule has 0 unspecified atom stereocenters. The SMILES string of the molecule is COc1cccc([C@@H]2CCN(Cc3cccnc3OC)C[C@H]2O)c1. The van der Waals surface area contributed by atoms with E-state index < -0.39 is 6.10 Å². The average molecular weight is 328 g/mol. The Morgan fingerprint density at radius 2 is 2.08 bits per heavy atom. The minimum Gasteiger partial charge on any atom is -0.497 e. The summed E-state index contributed by atoms with van der Waals surface area (Å²) in [5.74, 6) is 1.64. The van der Waals surface area contributed by atoms with Gasteiger partial charge in [-0.3, -0.25) is 4.90 Å². The van der Waals surface area contributed by atoms with E-state index in [1.54, 1.807) is 20.4 Å². The molecule has 128 valence electrons. The molecule has 5 heteroatoms. The highest BCUT2D eigenvalue weighted by atomic mass is 16.5. The monoisotopic (exact) mass is 328 g/mol. The highest BCUT2D eigenvalue weighted by molar-refractivity contribution is 5.32. The summed E-state index contributed by atoms with van der Waals surface area (Å²) in [5, 5.41) is 10.6. The van der Waals surface area contributed by atoms with E-state index in [1.807, 2.05) is 30.3 Å². The van der Waals surface area contributed by atoms with Gasteiger partial charge in [-0.2, -0.15) is 0 Å². The Bertz CT molecular complexity index is 677. The second-order valence-corrected chi connectivity index (χ2v) is 6.15. The zero-order valence-electron chi connectivity index (χ0n) is 14.2. The van der Waals surface area contributed by atoms with Crippen LogP contribution in [-0.2, 0) is 6.54 Å². The molecular formula is C19H24N2O3. The lowest BCUT2D eigenvalue weighted by atomic mass is 9.87. The van der Waals surface area contributed by atoms with Crippen LogP contribution in [0.2, 0.25) is 0 Å². The molecule has 1 aliphatic rings. The summed E-state index contributed by atoms with van der Waals surface area (Å²) in [7, 11) is 3.30. The van der Waals surface area contributed by atoms with E-state index in [2.05, 4.69) is 16.0 Å². The number of hydrogen-bond acceptors (Lipinski definition) is 5. The Labute approximate surface area is 142 Å². The lowest BCUT2D eigenvalue weighted by molar-refractivity contribution is 0.0472. The highest BCUT2D eigenvalue weighted by Crippen LogP contribution is 2.31. The molecule has 5 nitrogen and oxygen atoms in total. The van der Waals surface area contributed by atoms with E-state index in [9.17, 15) is 5.11 Å². The Morgan fingerprint density at radius 1 is 1.21 bits per heavy atom. The number of piperidine rings is 1. The molecule has 24 heavy (non-hydrogen) atoms. The Kier molecular flexibility index (Phi) is 5.33. The molecule has 1 saturated heterocycles. The molecule has 2 atom stereocenters. The van der Waals surface area contributed by atoms with Gasteiger partial charge >= 0.3 is 0 Å². The molecule has 0 bridgehead atoms. The molecule has 0 spiro atoms. The van der Waals surface area contributed by atoms with Gasteiger partial charge in [0.05, 0.1) is 20.3 Å². The van der Waals surface area contributed by atoms with Crippen LogP contribution in [0.5, 0.6) is 11.6 Å². The zero-order valence-corrected chi connectivity index (χ0v) is 14.2. The summed E-state index contributed by atoms with van der Waals surface area (Å²) in [6.45, 7) is 2.30. The lowest BCUT2D eigenvalue weighted by Gasteiger charge is -2.36. The largest absolute Gasteiger partial charge is 0.497 e. The fourth-order valence-electron chi connectivity index (χ4n) is 3.37. The van der Waals surface area contributed by atoms with Crippen LogP contribution < -0.4 is 9.47 Å². The fourth-order valence-corrected chi connectivity index (χ4v) is 3.37. The number of aliphatic hydroxyl groups is 1. The molecule has 2 heterocycles. The van der Waals surface area contributed by atoms with E-state index in [-0.39, 0.29) is 5.92 Å². The summed E-state index contributed by atoms with van der Waals surface area (Å²) in [6, 6.07) is 11.9. The van der Waals surface area contributed by atoms with Gasteiger partial charge in [0.1, 0.15) is 5.75 Å². The van der Waals surface area contributed by atoms with Crippen molar-refractivity contribution in [2.45, 2.75) is 25.0 Å². The Hall–Kier alpha value is -2.11. The van der Waals surface area contributed by atoms with Crippen molar-refractivity contribution in [3.05, 3.63) is 53.7 Å². The van der Waals surface area contributed by atoms with Crippen molar-refractivity contribution in [3.8, 4) is 11.6 Å². The van der Waals surface area contributed by atoms with Gasteiger partial charge in [0.25, 0.3) is 0 Å². The van der Waals surface area contributed by atoms with Crippen molar-refractivity contribution in [1.29, 1.82) is 0 Å². The predicted molar refractivity (Wildman–Crippen MR) is 92.4 cm³/mol. The number of aromatic nitrogens is 1. The molecule has 1 fully saturated rings. The number of benzene rings is 1. The van der Waals surface area contributed by atoms with Gasteiger partial charge in [-0.15, -0.1) is 0 Å². The van der Waals surface area contributed by atoms with Crippen LogP contribution in [0.4, 0.5) is 0 Å².